The van der Waals surface area contributed by atoms with Crippen LogP contribution in [0.25, 0.3) is 0 Å². The van der Waals surface area contributed by atoms with Crippen molar-refractivity contribution in [1.82, 2.24) is 15.2 Å². The molecule has 0 radical (unpaired) electrons. The molecule has 0 aromatic carbocycles. The molecule has 0 saturated carbocycles. The monoisotopic (exact) mass is 293 g/mol. The van der Waals surface area contributed by atoms with Crippen molar-refractivity contribution < 1.29 is 9.59 Å². The summed E-state index contributed by atoms with van der Waals surface area (Å²) in [6, 6.07) is 1.66. The van der Waals surface area contributed by atoms with E-state index in [1.165, 1.54) is 11.3 Å². The molecular weight excluding hydrogens is 278 g/mol. The van der Waals surface area contributed by atoms with Gasteiger partial charge in [0, 0.05) is 17.4 Å². The molecule has 20 heavy (non-hydrogen) atoms. The second-order valence-electron chi connectivity index (χ2n) is 4.48. The highest BCUT2D eigenvalue weighted by molar-refractivity contribution is 7.13. The van der Waals surface area contributed by atoms with Gasteiger partial charge in [-0.05, 0) is 0 Å². The van der Waals surface area contributed by atoms with Crippen LogP contribution >= 0.6 is 11.3 Å². The zero-order valence-corrected chi connectivity index (χ0v) is 12.0. The van der Waals surface area contributed by atoms with E-state index in [1.807, 2.05) is 13.8 Å². The summed E-state index contributed by atoms with van der Waals surface area (Å²) in [4.78, 5) is 27.5. The van der Waals surface area contributed by atoms with Gasteiger partial charge in [0.2, 0.25) is 11.8 Å². The molecule has 2 aromatic rings. The molecule has 0 fully saturated rings. The number of aromatic amines is 1. The van der Waals surface area contributed by atoms with Gasteiger partial charge in [-0.25, -0.2) is 4.98 Å². The van der Waals surface area contributed by atoms with Crippen LogP contribution in [0, 0.1) is 5.92 Å². The van der Waals surface area contributed by atoms with E-state index in [9.17, 15) is 9.59 Å². The number of anilines is 2. The van der Waals surface area contributed by atoms with Crippen molar-refractivity contribution in [3.63, 3.8) is 0 Å². The summed E-state index contributed by atoms with van der Waals surface area (Å²) in [7, 11) is 0. The highest BCUT2D eigenvalue weighted by Crippen LogP contribution is 2.17. The van der Waals surface area contributed by atoms with Crippen molar-refractivity contribution in [2.45, 2.75) is 20.3 Å². The van der Waals surface area contributed by atoms with Gasteiger partial charge in [-0.2, -0.15) is 5.10 Å². The maximum Gasteiger partial charge on any atom is 0.231 e. The van der Waals surface area contributed by atoms with Crippen molar-refractivity contribution >= 4 is 34.1 Å². The minimum absolute atomic E-state index is 0.0900. The molecule has 0 aliphatic rings. The number of aromatic nitrogens is 3. The smallest absolute Gasteiger partial charge is 0.231 e. The molecule has 2 heterocycles. The molecule has 0 spiro atoms. The summed E-state index contributed by atoms with van der Waals surface area (Å²) in [5, 5.41) is 14.0. The van der Waals surface area contributed by atoms with Crippen molar-refractivity contribution in [3.8, 4) is 0 Å². The number of nitrogens with one attached hydrogen (secondary N) is 3. The number of thiazole rings is 1. The topological polar surface area (TPSA) is 99.8 Å². The van der Waals surface area contributed by atoms with Crippen LogP contribution in [-0.4, -0.2) is 27.0 Å². The van der Waals surface area contributed by atoms with Crippen LogP contribution in [0.2, 0.25) is 0 Å². The zero-order chi connectivity index (χ0) is 14.5. The molecule has 0 aliphatic carbocycles. The first-order valence-corrected chi connectivity index (χ1v) is 6.97. The molecule has 2 aromatic heterocycles. The lowest BCUT2D eigenvalue weighted by molar-refractivity contribution is -0.119. The van der Waals surface area contributed by atoms with Gasteiger partial charge >= 0.3 is 0 Å². The van der Waals surface area contributed by atoms with Gasteiger partial charge in [-0.3, -0.25) is 14.7 Å². The molecule has 3 N–H and O–H groups in total. The third-order valence-electron chi connectivity index (χ3n) is 2.42. The first-order chi connectivity index (χ1) is 9.54. The van der Waals surface area contributed by atoms with Crippen LogP contribution in [0.3, 0.4) is 0 Å². The van der Waals surface area contributed by atoms with E-state index >= 15 is 0 Å². The van der Waals surface area contributed by atoms with E-state index in [-0.39, 0.29) is 24.2 Å². The van der Waals surface area contributed by atoms with Crippen LogP contribution in [0.1, 0.15) is 19.5 Å². The molecule has 0 bridgehead atoms. The number of rotatable bonds is 5. The Bertz CT molecular complexity index is 591. The Hall–Kier alpha value is -2.22. The average Bonchev–Trinajstić information content (AvgIpc) is 3.01. The van der Waals surface area contributed by atoms with E-state index in [4.69, 9.17) is 0 Å². The van der Waals surface area contributed by atoms with E-state index in [1.54, 1.807) is 17.6 Å². The van der Waals surface area contributed by atoms with Crippen LogP contribution in [0.15, 0.2) is 17.6 Å². The van der Waals surface area contributed by atoms with Gasteiger partial charge in [-0.1, -0.05) is 13.8 Å². The molecule has 0 atom stereocenters. The number of H-pyrrole nitrogens is 1. The van der Waals surface area contributed by atoms with Crippen LogP contribution in [-0.2, 0) is 16.0 Å². The van der Waals surface area contributed by atoms with E-state index in [0.29, 0.717) is 16.6 Å². The third kappa shape index (κ3) is 3.89. The first kappa shape index (κ1) is 14.2. The third-order valence-corrected chi connectivity index (χ3v) is 3.23. The SMILES string of the molecule is CC(C)C(=O)Nc1nc(CC(=O)Nc2ccn[nH]2)cs1. The molecule has 7 nitrogen and oxygen atoms in total. The fraction of sp³-hybridized carbons (Fsp3) is 0.333. The summed E-state index contributed by atoms with van der Waals surface area (Å²) in [5.74, 6) is 0.152. The normalized spacial score (nSPS) is 10.6. The zero-order valence-electron chi connectivity index (χ0n) is 11.1. The molecule has 106 valence electrons. The number of hydrogen-bond donors (Lipinski definition) is 3. The Morgan fingerprint density at radius 3 is 2.85 bits per heavy atom. The van der Waals surface area contributed by atoms with Crippen molar-refractivity contribution in [3.05, 3.63) is 23.3 Å². The molecule has 0 saturated heterocycles. The fourth-order valence-electron chi connectivity index (χ4n) is 1.38. The number of nitrogens with zero attached hydrogens (tertiary/aromatic N) is 2. The highest BCUT2D eigenvalue weighted by Gasteiger charge is 2.12. The fourth-order valence-corrected chi connectivity index (χ4v) is 2.09. The lowest BCUT2D eigenvalue weighted by Gasteiger charge is -2.03. The predicted molar refractivity (Wildman–Crippen MR) is 76.5 cm³/mol. The van der Waals surface area contributed by atoms with Gasteiger partial charge in [-0.15, -0.1) is 11.3 Å². The second-order valence-corrected chi connectivity index (χ2v) is 5.34. The van der Waals surface area contributed by atoms with E-state index < -0.39 is 0 Å². The Morgan fingerprint density at radius 2 is 2.20 bits per heavy atom. The van der Waals surface area contributed by atoms with Crippen molar-refractivity contribution in [2.24, 2.45) is 5.92 Å². The number of carbonyl (C=O) groups excluding carboxylic acids is 2. The first-order valence-electron chi connectivity index (χ1n) is 6.09. The van der Waals surface area contributed by atoms with Gasteiger partial charge in [0.25, 0.3) is 0 Å². The highest BCUT2D eigenvalue weighted by atomic mass is 32.1. The number of amides is 2. The maximum absolute atomic E-state index is 11.7. The number of hydrogen-bond acceptors (Lipinski definition) is 5. The Balaban J connectivity index is 1.89. The maximum atomic E-state index is 11.7. The number of carbonyl (C=O) groups is 2. The average molecular weight is 293 g/mol. The summed E-state index contributed by atoms with van der Waals surface area (Å²) in [6.45, 7) is 3.61. The van der Waals surface area contributed by atoms with Gasteiger partial charge in [0.1, 0.15) is 5.82 Å². The van der Waals surface area contributed by atoms with Crippen molar-refractivity contribution in [2.75, 3.05) is 10.6 Å². The summed E-state index contributed by atoms with van der Waals surface area (Å²) < 4.78 is 0. The second kappa shape index (κ2) is 6.29. The summed E-state index contributed by atoms with van der Waals surface area (Å²) >= 11 is 1.30. The largest absolute Gasteiger partial charge is 0.311 e. The summed E-state index contributed by atoms with van der Waals surface area (Å²) in [6.07, 6.45) is 1.70. The molecule has 2 rings (SSSR count). The van der Waals surface area contributed by atoms with E-state index in [2.05, 4.69) is 25.8 Å². The Kier molecular flexibility index (Phi) is 4.46. The van der Waals surface area contributed by atoms with Crippen molar-refractivity contribution in [1.29, 1.82) is 0 Å². The van der Waals surface area contributed by atoms with Gasteiger partial charge < -0.3 is 10.6 Å². The lowest BCUT2D eigenvalue weighted by atomic mass is 10.2. The molecule has 2 amide bonds. The van der Waals surface area contributed by atoms with Gasteiger partial charge in [0.15, 0.2) is 5.13 Å². The molecule has 8 heteroatoms. The minimum atomic E-state index is -0.193. The Morgan fingerprint density at radius 1 is 1.40 bits per heavy atom. The molecule has 0 unspecified atom stereocenters. The molecular formula is C12H15N5O2S. The van der Waals surface area contributed by atoms with Crippen LogP contribution in [0.5, 0.6) is 0 Å². The van der Waals surface area contributed by atoms with Crippen LogP contribution in [0.4, 0.5) is 10.9 Å². The standard InChI is InChI=1S/C12H15N5O2S/c1-7(2)11(19)16-12-14-8(6-20-12)5-10(18)15-9-3-4-13-17-9/h3-4,6-7H,5H2,1-2H3,(H,14,16,19)(H2,13,15,17,18). The van der Waals surface area contributed by atoms with Gasteiger partial charge in [0.05, 0.1) is 18.3 Å². The Labute approximate surface area is 119 Å². The summed E-state index contributed by atoms with van der Waals surface area (Å²) in [5.41, 5.74) is 0.617. The quantitative estimate of drug-likeness (QED) is 0.780. The predicted octanol–water partition coefficient (Wildman–Crippen LogP) is 1.64. The van der Waals surface area contributed by atoms with Crippen LogP contribution < -0.4 is 10.6 Å². The van der Waals surface area contributed by atoms with E-state index in [0.717, 1.165) is 0 Å². The molecule has 0 aliphatic heterocycles. The minimum Gasteiger partial charge on any atom is -0.311 e. The lowest BCUT2D eigenvalue weighted by Crippen LogP contribution is -2.18.